The SMILES string of the molecule is CN=c1ccc2c(-c3ccc(C(=O)NCC(=O)NCc4ccc(-c5c6ccc(=O)cc-6oc6cc(O)ccc56)cc4)cc3C(=O)O)c3ccc(N(C)C)cc3oc-2c1. The van der Waals surface area contributed by atoms with Gasteiger partial charge in [-0.15, -0.1) is 0 Å². The number of rotatable bonds is 9. The average Bonchev–Trinajstić information content (AvgIpc) is 3.22. The van der Waals surface area contributed by atoms with Crippen molar-refractivity contribution in [3.63, 3.8) is 0 Å². The summed E-state index contributed by atoms with van der Waals surface area (Å²) < 4.78 is 12.2. The van der Waals surface area contributed by atoms with Crippen molar-refractivity contribution in [1.82, 2.24) is 10.6 Å². The Labute approximate surface area is 331 Å². The highest BCUT2D eigenvalue weighted by atomic mass is 16.4. The first-order valence-electron chi connectivity index (χ1n) is 18.3. The molecule has 0 bridgehead atoms. The molecular weight excluding hydrogens is 737 g/mol. The van der Waals surface area contributed by atoms with E-state index in [1.165, 1.54) is 30.3 Å². The second-order valence-corrected chi connectivity index (χ2v) is 14.0. The zero-order chi connectivity index (χ0) is 40.7. The van der Waals surface area contributed by atoms with E-state index in [0.29, 0.717) is 50.1 Å². The number of anilines is 1. The molecule has 0 atom stereocenters. The Balaban J connectivity index is 0.990. The Bertz CT molecular complexity index is 3000. The molecule has 2 heterocycles. The minimum absolute atomic E-state index is 0.0365. The number of fused-ring (bicyclic) bond motifs is 4. The van der Waals surface area contributed by atoms with Crippen LogP contribution >= 0.6 is 0 Å². The number of aromatic carboxylic acids is 1. The van der Waals surface area contributed by atoms with Crippen molar-refractivity contribution in [3.05, 3.63) is 148 Å². The Morgan fingerprint density at radius 3 is 2.12 bits per heavy atom. The molecule has 0 fully saturated rings. The fourth-order valence-corrected chi connectivity index (χ4v) is 7.14. The first-order valence-corrected chi connectivity index (χ1v) is 18.3. The largest absolute Gasteiger partial charge is 0.508 e. The van der Waals surface area contributed by atoms with Gasteiger partial charge in [-0.2, -0.15) is 0 Å². The van der Waals surface area contributed by atoms with E-state index in [1.54, 1.807) is 37.4 Å². The number of nitrogens with one attached hydrogen (secondary N) is 2. The van der Waals surface area contributed by atoms with Gasteiger partial charge in [0.1, 0.15) is 28.4 Å². The van der Waals surface area contributed by atoms with Crippen molar-refractivity contribution in [1.29, 1.82) is 0 Å². The van der Waals surface area contributed by atoms with E-state index in [2.05, 4.69) is 15.6 Å². The monoisotopic (exact) mass is 772 g/mol. The predicted octanol–water partition coefficient (Wildman–Crippen LogP) is 7.13. The summed E-state index contributed by atoms with van der Waals surface area (Å²) in [5.41, 5.74) is 6.60. The molecule has 58 heavy (non-hydrogen) atoms. The molecule has 0 spiro atoms. The zero-order valence-corrected chi connectivity index (χ0v) is 31.6. The summed E-state index contributed by atoms with van der Waals surface area (Å²) in [5, 5.41) is 28.0. The van der Waals surface area contributed by atoms with Gasteiger partial charge in [0.05, 0.1) is 17.5 Å². The standard InChI is InChI=1S/C46H36N4O8/c1-47-28-9-14-35-38(19-28)57-39-20-29(50(2)3)10-15-36(39)44(35)32-13-8-27(18-37(32)46(55)56)45(54)49-24-42(53)48-23-25-4-6-26(7-5-25)43-33-16-11-30(51)21-40(33)58-41-22-31(52)12-17-34(41)43/h4-22,51H,23-24H2,1-3H3,(H,48,53)(H,49,54)(H,55,56). The van der Waals surface area contributed by atoms with Crippen molar-refractivity contribution in [2.24, 2.45) is 4.99 Å². The summed E-state index contributed by atoms with van der Waals surface area (Å²) in [6.45, 7) is -0.156. The minimum atomic E-state index is -1.22. The van der Waals surface area contributed by atoms with Gasteiger partial charge in [0.2, 0.25) is 5.91 Å². The van der Waals surface area contributed by atoms with Crippen LogP contribution in [0, 0.1) is 0 Å². The maximum atomic E-state index is 13.3. The van der Waals surface area contributed by atoms with Crippen LogP contribution < -0.4 is 26.3 Å². The summed E-state index contributed by atoms with van der Waals surface area (Å²) in [5.74, 6) is -1.32. The van der Waals surface area contributed by atoms with Crippen molar-refractivity contribution >= 4 is 45.4 Å². The number of aromatic hydroxyl groups is 1. The van der Waals surface area contributed by atoms with Crippen LogP contribution in [0.25, 0.3) is 66.8 Å². The Hall–Kier alpha value is -7.73. The summed E-state index contributed by atoms with van der Waals surface area (Å²) in [7, 11) is 5.51. The molecular formula is C46H36N4O8. The molecule has 0 radical (unpaired) electrons. The topological polar surface area (TPSA) is 175 Å². The van der Waals surface area contributed by atoms with E-state index >= 15 is 0 Å². The normalized spacial score (nSPS) is 11.7. The fraction of sp³-hybridized carbons (Fsp3) is 0.109. The summed E-state index contributed by atoms with van der Waals surface area (Å²) in [6, 6.07) is 32.6. The van der Waals surface area contributed by atoms with E-state index < -0.39 is 17.8 Å². The number of hydrogen-bond donors (Lipinski definition) is 4. The van der Waals surface area contributed by atoms with Crippen LogP contribution in [0.5, 0.6) is 5.75 Å². The number of benzene rings is 6. The average molecular weight is 773 g/mol. The molecule has 4 aromatic rings. The van der Waals surface area contributed by atoms with Gasteiger partial charge in [-0.1, -0.05) is 30.3 Å². The number of carboxylic acids is 1. The van der Waals surface area contributed by atoms with Crippen molar-refractivity contribution in [2.75, 3.05) is 32.6 Å². The molecule has 0 aromatic heterocycles. The predicted molar refractivity (Wildman–Crippen MR) is 221 cm³/mol. The van der Waals surface area contributed by atoms with E-state index in [0.717, 1.165) is 33.3 Å². The number of amides is 2. The lowest BCUT2D eigenvalue weighted by molar-refractivity contribution is -0.120. The van der Waals surface area contributed by atoms with Crippen LogP contribution in [0.1, 0.15) is 26.3 Å². The third-order valence-electron chi connectivity index (χ3n) is 10.1. The highest BCUT2D eigenvalue weighted by molar-refractivity contribution is 6.09. The molecule has 8 rings (SSSR count). The van der Waals surface area contributed by atoms with Gasteiger partial charge < -0.3 is 34.6 Å². The quantitative estimate of drug-likeness (QED) is 0.111. The molecule has 2 aliphatic heterocycles. The fourth-order valence-electron chi connectivity index (χ4n) is 7.14. The highest BCUT2D eigenvalue weighted by Crippen LogP contribution is 2.43. The molecule has 12 nitrogen and oxygen atoms in total. The molecule has 4 aromatic carbocycles. The summed E-state index contributed by atoms with van der Waals surface area (Å²) in [6.07, 6.45) is 0. The Morgan fingerprint density at radius 2 is 1.38 bits per heavy atom. The van der Waals surface area contributed by atoms with E-state index in [9.17, 15) is 29.4 Å². The van der Waals surface area contributed by atoms with Gasteiger partial charge >= 0.3 is 5.97 Å². The molecule has 0 saturated heterocycles. The van der Waals surface area contributed by atoms with Gasteiger partial charge in [0.25, 0.3) is 5.91 Å². The third kappa shape index (κ3) is 7.10. The van der Waals surface area contributed by atoms with Gasteiger partial charge in [0, 0.05) is 96.2 Å². The van der Waals surface area contributed by atoms with Gasteiger partial charge in [-0.05, 0) is 77.4 Å². The third-order valence-corrected chi connectivity index (χ3v) is 10.1. The number of carboxylic acid groups (broad SMARTS) is 1. The number of carbonyl (C=O) groups is 3. The number of nitrogens with zero attached hydrogens (tertiary/aromatic N) is 2. The summed E-state index contributed by atoms with van der Waals surface area (Å²) in [4.78, 5) is 57.2. The molecule has 4 aliphatic rings. The smallest absolute Gasteiger partial charge is 0.336 e. The lowest BCUT2D eigenvalue weighted by Gasteiger charge is -2.19. The van der Waals surface area contributed by atoms with E-state index in [1.807, 2.05) is 73.6 Å². The highest BCUT2D eigenvalue weighted by Gasteiger charge is 2.24. The molecule has 12 heteroatoms. The Kier molecular flexibility index (Phi) is 9.67. The van der Waals surface area contributed by atoms with Crippen molar-refractivity contribution in [2.45, 2.75) is 6.54 Å². The number of phenols is 1. The maximum absolute atomic E-state index is 13.3. The molecule has 0 saturated carbocycles. The molecule has 2 aliphatic carbocycles. The minimum Gasteiger partial charge on any atom is -0.508 e. The van der Waals surface area contributed by atoms with Crippen LogP contribution in [-0.4, -0.2) is 55.7 Å². The summed E-state index contributed by atoms with van der Waals surface area (Å²) >= 11 is 0. The molecule has 4 N–H and O–H groups in total. The first kappa shape index (κ1) is 37.2. The van der Waals surface area contributed by atoms with Crippen LogP contribution in [0.2, 0.25) is 0 Å². The second kappa shape index (κ2) is 15.1. The molecule has 0 unspecified atom stereocenters. The zero-order valence-electron chi connectivity index (χ0n) is 31.6. The maximum Gasteiger partial charge on any atom is 0.336 e. The molecule has 2 amide bonds. The van der Waals surface area contributed by atoms with Crippen LogP contribution in [0.4, 0.5) is 5.69 Å². The second-order valence-electron chi connectivity index (χ2n) is 14.0. The van der Waals surface area contributed by atoms with Gasteiger partial charge in [-0.3, -0.25) is 19.4 Å². The first-order chi connectivity index (χ1) is 28.0. The molecule has 288 valence electrons. The number of carbonyl (C=O) groups excluding carboxylic acids is 2. The lowest BCUT2D eigenvalue weighted by Crippen LogP contribution is -2.36. The number of phenolic OH excluding ortho intramolecular Hbond substituents is 1. The van der Waals surface area contributed by atoms with Crippen LogP contribution in [-0.2, 0) is 11.3 Å². The van der Waals surface area contributed by atoms with E-state index in [4.69, 9.17) is 8.83 Å². The van der Waals surface area contributed by atoms with Gasteiger partial charge in [-0.25, -0.2) is 4.79 Å². The lowest BCUT2D eigenvalue weighted by atomic mass is 9.89. The van der Waals surface area contributed by atoms with E-state index in [-0.39, 0.29) is 35.4 Å². The van der Waals surface area contributed by atoms with Crippen molar-refractivity contribution < 1.29 is 33.4 Å². The van der Waals surface area contributed by atoms with Gasteiger partial charge in [0.15, 0.2) is 5.43 Å². The van der Waals surface area contributed by atoms with Crippen molar-refractivity contribution in [3.8, 4) is 50.7 Å². The number of hydrogen-bond acceptors (Lipinski definition) is 9. The van der Waals surface area contributed by atoms with Crippen LogP contribution in [0.3, 0.4) is 0 Å². The Morgan fingerprint density at radius 1 is 0.707 bits per heavy atom. The van der Waals surface area contributed by atoms with Crippen LogP contribution in [0.15, 0.2) is 134 Å².